The van der Waals surface area contributed by atoms with E-state index in [-0.39, 0.29) is 5.91 Å². The Morgan fingerprint density at radius 2 is 2.19 bits per heavy atom. The van der Waals surface area contributed by atoms with Crippen LogP contribution in [-0.2, 0) is 24.3 Å². The summed E-state index contributed by atoms with van der Waals surface area (Å²) in [7, 11) is 0. The number of carbonyl (C=O) groups excluding carboxylic acids is 1. The summed E-state index contributed by atoms with van der Waals surface area (Å²) < 4.78 is 7.19. The first kappa shape index (κ1) is 15.4. The Hall–Kier alpha value is -2.04. The van der Waals surface area contributed by atoms with Crippen molar-refractivity contribution in [2.45, 2.75) is 47.2 Å². The van der Waals surface area contributed by atoms with Crippen molar-refractivity contribution in [1.29, 1.82) is 0 Å². The van der Waals surface area contributed by atoms with E-state index in [1.807, 2.05) is 30.7 Å². The van der Waals surface area contributed by atoms with Gasteiger partial charge in [-0.25, -0.2) is 0 Å². The highest BCUT2D eigenvalue weighted by Gasteiger charge is 2.15. The van der Waals surface area contributed by atoms with Crippen molar-refractivity contribution in [3.8, 4) is 0 Å². The molecule has 2 heterocycles. The third kappa shape index (κ3) is 3.97. The minimum atomic E-state index is -0.0123. The molecule has 0 aliphatic carbocycles. The lowest BCUT2D eigenvalue weighted by Gasteiger charge is -2.08. The van der Waals surface area contributed by atoms with Crippen molar-refractivity contribution in [3.63, 3.8) is 0 Å². The molecule has 0 spiro atoms. The zero-order valence-corrected chi connectivity index (χ0v) is 13.1. The van der Waals surface area contributed by atoms with Gasteiger partial charge in [-0.3, -0.25) is 9.48 Å². The highest BCUT2D eigenvalue weighted by Crippen LogP contribution is 2.15. The predicted octanol–water partition coefficient (Wildman–Crippen LogP) is 2.61. The third-order valence-electron chi connectivity index (χ3n) is 3.45. The van der Waals surface area contributed by atoms with E-state index >= 15 is 0 Å². The fraction of sp³-hybridized carbons (Fsp3) is 0.500. The molecule has 0 aliphatic heterocycles. The smallest absolute Gasteiger partial charge is 0.224 e. The molecule has 0 saturated heterocycles. The predicted molar refractivity (Wildman–Crippen MR) is 80.8 cm³/mol. The maximum atomic E-state index is 12.1. The molecule has 2 aromatic rings. The van der Waals surface area contributed by atoms with Crippen molar-refractivity contribution < 1.29 is 9.21 Å². The molecule has 2 rings (SSSR count). The second-order valence-corrected chi connectivity index (χ2v) is 5.76. The largest absolute Gasteiger partial charge is 0.467 e. The maximum Gasteiger partial charge on any atom is 0.224 e. The molecule has 0 unspecified atom stereocenters. The number of aromatic nitrogens is 2. The van der Waals surface area contributed by atoms with E-state index in [0.29, 0.717) is 18.9 Å². The number of amides is 1. The summed E-state index contributed by atoms with van der Waals surface area (Å²) in [5.74, 6) is 1.28. The van der Waals surface area contributed by atoms with Crippen molar-refractivity contribution in [3.05, 3.63) is 41.1 Å². The summed E-state index contributed by atoms with van der Waals surface area (Å²) in [4.78, 5) is 12.1. The van der Waals surface area contributed by atoms with E-state index in [1.54, 1.807) is 6.26 Å². The molecule has 114 valence electrons. The van der Waals surface area contributed by atoms with Gasteiger partial charge in [0, 0.05) is 17.8 Å². The van der Waals surface area contributed by atoms with Crippen LogP contribution >= 0.6 is 0 Å². The Morgan fingerprint density at radius 1 is 1.43 bits per heavy atom. The summed E-state index contributed by atoms with van der Waals surface area (Å²) in [6.45, 7) is 9.60. The molecule has 5 heteroatoms. The number of rotatable bonds is 6. The van der Waals surface area contributed by atoms with Gasteiger partial charge < -0.3 is 9.73 Å². The number of aryl methyl sites for hydroxylation is 1. The van der Waals surface area contributed by atoms with Gasteiger partial charge in [-0.2, -0.15) is 5.10 Å². The van der Waals surface area contributed by atoms with E-state index in [0.717, 1.165) is 29.3 Å². The highest BCUT2D eigenvalue weighted by molar-refractivity contribution is 5.79. The molecule has 0 radical (unpaired) electrons. The quantitative estimate of drug-likeness (QED) is 0.889. The lowest BCUT2D eigenvalue weighted by Crippen LogP contribution is -2.24. The van der Waals surface area contributed by atoms with E-state index in [4.69, 9.17) is 4.42 Å². The maximum absolute atomic E-state index is 12.1. The molecular formula is C16H23N3O2. The van der Waals surface area contributed by atoms with Crippen LogP contribution in [0.25, 0.3) is 0 Å². The first-order chi connectivity index (χ1) is 9.97. The zero-order valence-electron chi connectivity index (χ0n) is 13.1. The number of furan rings is 1. The molecule has 0 aromatic carbocycles. The van der Waals surface area contributed by atoms with Gasteiger partial charge in [0.2, 0.25) is 5.91 Å². The molecule has 1 N–H and O–H groups in total. The minimum Gasteiger partial charge on any atom is -0.467 e. The molecule has 0 bridgehead atoms. The van der Waals surface area contributed by atoms with Gasteiger partial charge in [-0.1, -0.05) is 13.8 Å². The second kappa shape index (κ2) is 6.61. The van der Waals surface area contributed by atoms with Crippen LogP contribution in [0.4, 0.5) is 0 Å². The van der Waals surface area contributed by atoms with Gasteiger partial charge in [0.1, 0.15) is 5.76 Å². The normalized spacial score (nSPS) is 11.1. The van der Waals surface area contributed by atoms with Gasteiger partial charge in [0.25, 0.3) is 0 Å². The summed E-state index contributed by atoms with van der Waals surface area (Å²) in [5, 5.41) is 7.40. The number of carbonyl (C=O) groups is 1. The number of hydrogen-bond donors (Lipinski definition) is 1. The van der Waals surface area contributed by atoms with Crippen LogP contribution in [0.1, 0.15) is 36.6 Å². The highest BCUT2D eigenvalue weighted by atomic mass is 16.3. The van der Waals surface area contributed by atoms with E-state index < -0.39 is 0 Å². The van der Waals surface area contributed by atoms with Crippen molar-refractivity contribution in [2.24, 2.45) is 5.92 Å². The number of hydrogen-bond acceptors (Lipinski definition) is 3. The SMILES string of the molecule is Cc1nn(CC(C)C)c(C)c1CC(=O)NCc1ccco1. The summed E-state index contributed by atoms with van der Waals surface area (Å²) in [6.07, 6.45) is 1.96. The Labute approximate surface area is 125 Å². The lowest BCUT2D eigenvalue weighted by molar-refractivity contribution is -0.120. The average Bonchev–Trinajstić information content (AvgIpc) is 3.00. The van der Waals surface area contributed by atoms with Crippen LogP contribution in [0.2, 0.25) is 0 Å². The molecule has 0 atom stereocenters. The molecule has 2 aromatic heterocycles. The summed E-state index contributed by atoms with van der Waals surface area (Å²) >= 11 is 0. The Balaban J connectivity index is 1.98. The first-order valence-corrected chi connectivity index (χ1v) is 7.29. The molecule has 5 nitrogen and oxygen atoms in total. The Morgan fingerprint density at radius 3 is 2.81 bits per heavy atom. The Bertz CT molecular complexity index is 597. The van der Waals surface area contributed by atoms with E-state index in [9.17, 15) is 4.79 Å². The monoisotopic (exact) mass is 289 g/mol. The summed E-state index contributed by atoms with van der Waals surface area (Å²) in [6, 6.07) is 3.66. The second-order valence-electron chi connectivity index (χ2n) is 5.76. The van der Waals surface area contributed by atoms with Crippen molar-refractivity contribution >= 4 is 5.91 Å². The van der Waals surface area contributed by atoms with Crippen LogP contribution in [0.5, 0.6) is 0 Å². The standard InChI is InChI=1S/C16H23N3O2/c1-11(2)10-19-13(4)15(12(3)18-19)8-16(20)17-9-14-6-5-7-21-14/h5-7,11H,8-10H2,1-4H3,(H,17,20). The van der Waals surface area contributed by atoms with Gasteiger partial charge in [-0.15, -0.1) is 0 Å². The lowest BCUT2D eigenvalue weighted by atomic mass is 10.1. The Kier molecular flexibility index (Phi) is 4.83. The molecule has 0 saturated carbocycles. The third-order valence-corrected chi connectivity index (χ3v) is 3.45. The number of nitrogens with zero attached hydrogens (tertiary/aromatic N) is 2. The van der Waals surface area contributed by atoms with Crippen LogP contribution in [0.3, 0.4) is 0 Å². The van der Waals surface area contributed by atoms with Crippen LogP contribution in [-0.4, -0.2) is 15.7 Å². The fourth-order valence-electron chi connectivity index (χ4n) is 2.34. The van der Waals surface area contributed by atoms with Crippen molar-refractivity contribution in [2.75, 3.05) is 0 Å². The van der Waals surface area contributed by atoms with E-state index in [1.165, 1.54) is 0 Å². The number of nitrogens with one attached hydrogen (secondary N) is 1. The molecule has 21 heavy (non-hydrogen) atoms. The molecular weight excluding hydrogens is 266 g/mol. The van der Waals surface area contributed by atoms with E-state index in [2.05, 4.69) is 24.3 Å². The molecule has 1 amide bonds. The van der Waals surface area contributed by atoms with Crippen LogP contribution < -0.4 is 5.32 Å². The topological polar surface area (TPSA) is 60.1 Å². The zero-order chi connectivity index (χ0) is 15.4. The fourth-order valence-corrected chi connectivity index (χ4v) is 2.34. The molecule has 0 fully saturated rings. The summed E-state index contributed by atoms with van der Waals surface area (Å²) in [5.41, 5.74) is 3.03. The molecule has 0 aliphatic rings. The van der Waals surface area contributed by atoms with Gasteiger partial charge in [0.05, 0.1) is 24.9 Å². The minimum absolute atomic E-state index is 0.0123. The van der Waals surface area contributed by atoms with Crippen molar-refractivity contribution in [1.82, 2.24) is 15.1 Å². The first-order valence-electron chi connectivity index (χ1n) is 7.29. The van der Waals surface area contributed by atoms with Crippen LogP contribution in [0, 0.1) is 19.8 Å². The van der Waals surface area contributed by atoms with Gasteiger partial charge >= 0.3 is 0 Å². The van der Waals surface area contributed by atoms with Crippen LogP contribution in [0.15, 0.2) is 22.8 Å². The van der Waals surface area contributed by atoms with Gasteiger partial charge in [0.15, 0.2) is 0 Å². The average molecular weight is 289 g/mol. The van der Waals surface area contributed by atoms with Gasteiger partial charge in [-0.05, 0) is 31.9 Å².